The molecule has 1 aromatic carbocycles. The third-order valence-electron chi connectivity index (χ3n) is 10.1. The van der Waals surface area contributed by atoms with Gasteiger partial charge >= 0.3 is 0 Å². The highest BCUT2D eigenvalue weighted by Crippen LogP contribution is 2.24. The van der Waals surface area contributed by atoms with Crippen LogP contribution in [0.2, 0.25) is 0 Å². The summed E-state index contributed by atoms with van der Waals surface area (Å²) in [5, 5.41) is 0. The Morgan fingerprint density at radius 2 is 0.766 bits per heavy atom. The number of unbranched alkanes of at least 4 members (excludes halogenated alkanes) is 20. The van der Waals surface area contributed by atoms with E-state index in [0.29, 0.717) is 0 Å². The zero-order valence-corrected chi connectivity index (χ0v) is 31.8. The largest absolute Gasteiger partial charge is 0.475 e. The molecule has 2 bridgehead atoms. The van der Waals surface area contributed by atoms with Gasteiger partial charge in [-0.2, -0.15) is 0 Å². The molecule has 2 atom stereocenters. The molecule has 274 valence electrons. The smallest absolute Gasteiger partial charge is 0.152 e. The van der Waals surface area contributed by atoms with Crippen LogP contribution >= 0.6 is 0 Å². The zero-order chi connectivity index (χ0) is 33.6. The van der Waals surface area contributed by atoms with E-state index in [1.54, 1.807) is 0 Å². The quantitative estimate of drug-likeness (QED) is 0.0925. The fraction of sp³-hybridized carbons (Fsp3) is 0.857. The third kappa shape index (κ3) is 22.1. The van der Waals surface area contributed by atoms with E-state index in [9.17, 15) is 0 Å². The van der Waals surface area contributed by atoms with Crippen LogP contribution in [0.1, 0.15) is 181 Å². The van der Waals surface area contributed by atoms with Gasteiger partial charge in [-0.25, -0.2) is 0 Å². The van der Waals surface area contributed by atoms with Crippen molar-refractivity contribution in [2.75, 3.05) is 40.4 Å². The van der Waals surface area contributed by atoms with Gasteiger partial charge in [0.25, 0.3) is 0 Å². The van der Waals surface area contributed by atoms with Crippen molar-refractivity contribution in [1.29, 1.82) is 0 Å². The first-order chi connectivity index (χ1) is 23.1. The van der Waals surface area contributed by atoms with Gasteiger partial charge in [0.05, 0.1) is 0 Å². The van der Waals surface area contributed by atoms with Crippen LogP contribution in [0.4, 0.5) is 0 Å². The number of rotatable bonds is 26. The molecule has 2 aliphatic heterocycles. The van der Waals surface area contributed by atoms with Crippen molar-refractivity contribution in [2.24, 2.45) is 0 Å². The average molecular weight is 659 g/mol. The standard InChI is InChI=1S/C42H78N2O3/c1-5-7-9-11-13-15-17-19-21-23-25-35-43(3)41-29-27-37-45-38-28-30-42(47-40-33-31-39(46-41)32-34-40)44(4)36-26-24-22-20-18-16-14-12-10-8-6-2/h31-34,41-42H,5-30,35-38H2,1-4H3. The summed E-state index contributed by atoms with van der Waals surface area (Å²) in [5.41, 5.74) is 0. The minimum atomic E-state index is 0.0725. The van der Waals surface area contributed by atoms with E-state index < -0.39 is 0 Å². The maximum Gasteiger partial charge on any atom is 0.152 e. The fourth-order valence-corrected chi connectivity index (χ4v) is 6.81. The van der Waals surface area contributed by atoms with E-state index >= 15 is 0 Å². The maximum atomic E-state index is 6.56. The predicted octanol–water partition coefficient (Wildman–Crippen LogP) is 12.2. The molecule has 5 heteroatoms. The molecule has 2 unspecified atom stereocenters. The number of nitrogens with zero attached hydrogens (tertiary/aromatic N) is 2. The van der Waals surface area contributed by atoms with Gasteiger partial charge in [0.2, 0.25) is 0 Å². The highest BCUT2D eigenvalue weighted by Gasteiger charge is 2.19. The Kier molecular flexibility index (Phi) is 26.4. The maximum absolute atomic E-state index is 6.56. The average Bonchev–Trinajstić information content (AvgIpc) is 3.09. The highest BCUT2D eigenvalue weighted by atomic mass is 16.5. The Balaban J connectivity index is 1.71. The van der Waals surface area contributed by atoms with Crippen LogP contribution in [0, 0.1) is 0 Å². The molecule has 47 heavy (non-hydrogen) atoms. The molecule has 0 fully saturated rings. The lowest BCUT2D eigenvalue weighted by molar-refractivity contribution is 0.0199. The predicted molar refractivity (Wildman–Crippen MR) is 203 cm³/mol. The highest BCUT2D eigenvalue weighted by molar-refractivity contribution is 5.31. The minimum absolute atomic E-state index is 0.0725. The van der Waals surface area contributed by atoms with E-state index in [4.69, 9.17) is 14.2 Å². The van der Waals surface area contributed by atoms with Crippen LogP contribution < -0.4 is 9.47 Å². The van der Waals surface area contributed by atoms with Crippen LogP contribution in [0.3, 0.4) is 0 Å². The number of hydrogen-bond donors (Lipinski definition) is 0. The first-order valence-corrected chi connectivity index (χ1v) is 20.6. The molecule has 0 aromatic heterocycles. The molecule has 2 aliphatic rings. The zero-order valence-electron chi connectivity index (χ0n) is 31.8. The second-order valence-corrected chi connectivity index (χ2v) is 14.5. The second-order valence-electron chi connectivity index (χ2n) is 14.5. The Morgan fingerprint density at radius 3 is 1.09 bits per heavy atom. The van der Waals surface area contributed by atoms with Crippen molar-refractivity contribution in [3.8, 4) is 11.5 Å². The van der Waals surface area contributed by atoms with Gasteiger partial charge in [-0.05, 0) is 64.0 Å². The summed E-state index contributed by atoms with van der Waals surface area (Å²) in [5.74, 6) is 1.85. The minimum Gasteiger partial charge on any atom is -0.475 e. The van der Waals surface area contributed by atoms with E-state index in [2.05, 4.69) is 62.0 Å². The van der Waals surface area contributed by atoms with E-state index in [-0.39, 0.29) is 12.5 Å². The van der Waals surface area contributed by atoms with Gasteiger partial charge < -0.3 is 14.2 Å². The van der Waals surface area contributed by atoms with Crippen molar-refractivity contribution in [2.45, 2.75) is 193 Å². The number of fused-ring (bicyclic) bond motifs is 12. The van der Waals surface area contributed by atoms with Crippen molar-refractivity contribution >= 4 is 0 Å². The van der Waals surface area contributed by atoms with E-state index in [0.717, 1.165) is 63.5 Å². The van der Waals surface area contributed by atoms with Gasteiger partial charge in [0, 0.05) is 39.1 Å². The molecule has 0 amide bonds. The summed E-state index contributed by atoms with van der Waals surface area (Å²) in [6.07, 6.45) is 34.5. The number of ether oxygens (including phenoxy) is 3. The normalized spacial score (nSPS) is 17.8. The van der Waals surface area contributed by atoms with Crippen molar-refractivity contribution in [3.05, 3.63) is 24.3 Å². The van der Waals surface area contributed by atoms with Gasteiger partial charge in [0.1, 0.15) is 11.5 Å². The van der Waals surface area contributed by atoms with E-state index in [1.807, 2.05) is 0 Å². The Hall–Kier alpha value is -1.30. The first kappa shape index (κ1) is 41.9. The van der Waals surface area contributed by atoms with Gasteiger partial charge in [-0.15, -0.1) is 0 Å². The van der Waals surface area contributed by atoms with Crippen LogP contribution in [0.5, 0.6) is 11.5 Å². The van der Waals surface area contributed by atoms with Gasteiger partial charge in [-0.3, -0.25) is 9.80 Å². The lowest BCUT2D eigenvalue weighted by Gasteiger charge is -2.29. The fourth-order valence-electron chi connectivity index (χ4n) is 6.81. The summed E-state index contributed by atoms with van der Waals surface area (Å²) in [6.45, 7) is 8.34. The molecule has 0 saturated carbocycles. The van der Waals surface area contributed by atoms with Crippen LogP contribution in [0.25, 0.3) is 0 Å². The summed E-state index contributed by atoms with van der Waals surface area (Å²) in [4.78, 5) is 4.83. The summed E-state index contributed by atoms with van der Waals surface area (Å²) < 4.78 is 19.2. The van der Waals surface area contributed by atoms with Crippen molar-refractivity contribution < 1.29 is 14.2 Å². The molecule has 1 aromatic rings. The van der Waals surface area contributed by atoms with Crippen LogP contribution in [-0.4, -0.2) is 62.7 Å². The van der Waals surface area contributed by atoms with Crippen molar-refractivity contribution in [1.82, 2.24) is 9.80 Å². The summed E-state index contributed by atoms with van der Waals surface area (Å²) in [6, 6.07) is 8.37. The van der Waals surface area contributed by atoms with Gasteiger partial charge in [-0.1, -0.05) is 142 Å². The third-order valence-corrected chi connectivity index (χ3v) is 10.1. The van der Waals surface area contributed by atoms with Crippen LogP contribution in [0.15, 0.2) is 24.3 Å². The molecule has 0 radical (unpaired) electrons. The molecule has 3 rings (SSSR count). The number of hydrogen-bond acceptors (Lipinski definition) is 5. The molecule has 0 N–H and O–H groups in total. The molecular formula is C42H78N2O3. The molecular weight excluding hydrogens is 580 g/mol. The van der Waals surface area contributed by atoms with Crippen molar-refractivity contribution in [3.63, 3.8) is 0 Å². The Bertz CT molecular complexity index is 739. The molecule has 0 aliphatic carbocycles. The lowest BCUT2D eigenvalue weighted by atomic mass is 10.1. The first-order valence-electron chi connectivity index (χ1n) is 20.6. The molecule has 0 spiro atoms. The Morgan fingerprint density at radius 1 is 0.468 bits per heavy atom. The summed E-state index contributed by atoms with van der Waals surface area (Å²) >= 11 is 0. The summed E-state index contributed by atoms with van der Waals surface area (Å²) in [7, 11) is 4.45. The van der Waals surface area contributed by atoms with Crippen LogP contribution in [-0.2, 0) is 4.74 Å². The topological polar surface area (TPSA) is 34.2 Å². The Labute approximate surface area is 292 Å². The monoisotopic (exact) mass is 659 g/mol. The van der Waals surface area contributed by atoms with E-state index in [1.165, 1.54) is 141 Å². The number of benzene rings is 1. The SMILES string of the molecule is CCCCCCCCCCCCCN(C)C1CCCOCCCC(N(C)CCCCCCCCCCCCC)Oc2ccc(cc2)O1. The molecule has 2 heterocycles. The lowest BCUT2D eigenvalue weighted by Crippen LogP contribution is -2.37. The second kappa shape index (κ2) is 29.6. The molecule has 0 saturated heterocycles. The molecule has 5 nitrogen and oxygen atoms in total. The van der Waals surface area contributed by atoms with Gasteiger partial charge in [0.15, 0.2) is 12.5 Å².